The Labute approximate surface area is 160 Å². The molecular weight excluding hydrogens is 356 g/mol. The second-order valence-corrected chi connectivity index (χ2v) is 6.46. The molecule has 0 aliphatic carbocycles. The fourth-order valence-electron chi connectivity index (χ4n) is 3.15. The quantitative estimate of drug-likeness (QED) is 0.593. The van der Waals surface area contributed by atoms with Gasteiger partial charge in [0.05, 0.1) is 17.9 Å². The summed E-state index contributed by atoms with van der Waals surface area (Å²) >= 11 is 0. The van der Waals surface area contributed by atoms with Crippen LogP contribution in [0.2, 0.25) is 0 Å². The van der Waals surface area contributed by atoms with Crippen molar-refractivity contribution in [2.24, 2.45) is 0 Å². The highest BCUT2D eigenvalue weighted by Gasteiger charge is 2.10. The zero-order valence-electron chi connectivity index (χ0n) is 15.5. The summed E-state index contributed by atoms with van der Waals surface area (Å²) in [5.41, 5.74) is 3.50. The fourth-order valence-corrected chi connectivity index (χ4v) is 3.15. The minimum absolute atomic E-state index is 0.113. The summed E-state index contributed by atoms with van der Waals surface area (Å²) in [5, 5.41) is 7.90. The normalized spacial score (nSPS) is 10.9. The molecule has 28 heavy (non-hydrogen) atoms. The molecule has 0 bridgehead atoms. The van der Waals surface area contributed by atoms with Crippen molar-refractivity contribution in [1.29, 1.82) is 0 Å². The van der Waals surface area contributed by atoms with E-state index in [-0.39, 0.29) is 18.0 Å². The molecule has 0 unspecified atom stereocenters. The van der Waals surface area contributed by atoms with Gasteiger partial charge in [0, 0.05) is 24.2 Å². The number of amides is 1. The molecule has 3 heterocycles. The van der Waals surface area contributed by atoms with Crippen LogP contribution in [0.1, 0.15) is 21.9 Å². The van der Waals surface area contributed by atoms with Crippen LogP contribution in [0.15, 0.2) is 64.2 Å². The minimum atomic E-state index is -0.260. The number of carbonyl (C=O) groups excluding carboxylic acids is 1. The Balaban J connectivity index is 1.70. The summed E-state index contributed by atoms with van der Waals surface area (Å²) in [7, 11) is 1.56. The second kappa shape index (κ2) is 7.11. The Morgan fingerprint density at radius 2 is 2.07 bits per heavy atom. The molecule has 0 fully saturated rings. The molecule has 0 radical (unpaired) electrons. The van der Waals surface area contributed by atoms with E-state index in [1.165, 1.54) is 0 Å². The molecule has 0 saturated heterocycles. The minimum Gasteiger partial charge on any atom is -0.364 e. The predicted octanol–water partition coefficient (Wildman–Crippen LogP) is 2.77. The van der Waals surface area contributed by atoms with Crippen LogP contribution in [0.5, 0.6) is 0 Å². The summed E-state index contributed by atoms with van der Waals surface area (Å²) in [5.74, 6) is -0.260. The molecule has 0 aliphatic heterocycles. The molecule has 0 atom stereocenters. The first kappa shape index (κ1) is 17.7. The molecule has 140 valence electrons. The molecule has 7 nitrogen and oxygen atoms in total. The third-order valence-corrected chi connectivity index (χ3v) is 4.64. The van der Waals surface area contributed by atoms with Gasteiger partial charge >= 0.3 is 0 Å². The Hall–Kier alpha value is -3.74. The number of fused-ring (bicyclic) bond motifs is 1. The van der Waals surface area contributed by atoms with Crippen molar-refractivity contribution in [2.45, 2.75) is 13.5 Å². The van der Waals surface area contributed by atoms with E-state index in [4.69, 9.17) is 4.52 Å². The standard InChI is InChI=1S/C21H18N4O3/c1-13-18(12-28-24-13)14-6-7-17-15(10-14)8-9-25(21(17)27)11-16-4-3-5-19(23-16)20(26)22-2/h3-10,12H,11H2,1-2H3,(H,22,26). The van der Waals surface area contributed by atoms with E-state index in [1.807, 2.05) is 31.2 Å². The van der Waals surface area contributed by atoms with Crippen molar-refractivity contribution in [2.75, 3.05) is 7.05 Å². The Morgan fingerprint density at radius 1 is 1.21 bits per heavy atom. The van der Waals surface area contributed by atoms with Gasteiger partial charge in [-0.1, -0.05) is 17.3 Å². The lowest BCUT2D eigenvalue weighted by molar-refractivity contribution is 0.0958. The van der Waals surface area contributed by atoms with E-state index in [0.717, 1.165) is 22.2 Å². The highest BCUT2D eigenvalue weighted by atomic mass is 16.5. The first-order valence-electron chi connectivity index (χ1n) is 8.79. The van der Waals surface area contributed by atoms with Gasteiger partial charge in [-0.3, -0.25) is 9.59 Å². The van der Waals surface area contributed by atoms with Gasteiger partial charge < -0.3 is 14.4 Å². The molecule has 0 saturated carbocycles. The number of nitrogens with one attached hydrogen (secondary N) is 1. The third kappa shape index (κ3) is 3.18. The van der Waals surface area contributed by atoms with Crippen molar-refractivity contribution in [3.8, 4) is 11.1 Å². The maximum absolute atomic E-state index is 12.9. The monoisotopic (exact) mass is 374 g/mol. The van der Waals surface area contributed by atoms with Crippen molar-refractivity contribution >= 4 is 16.7 Å². The predicted molar refractivity (Wildman–Crippen MR) is 105 cm³/mol. The van der Waals surface area contributed by atoms with E-state index in [9.17, 15) is 9.59 Å². The van der Waals surface area contributed by atoms with Gasteiger partial charge in [0.2, 0.25) is 0 Å². The average molecular weight is 374 g/mol. The van der Waals surface area contributed by atoms with Crippen LogP contribution >= 0.6 is 0 Å². The molecule has 1 N–H and O–H groups in total. The lowest BCUT2D eigenvalue weighted by Crippen LogP contribution is -2.22. The third-order valence-electron chi connectivity index (χ3n) is 4.64. The van der Waals surface area contributed by atoms with Crippen LogP contribution in [0, 0.1) is 6.92 Å². The van der Waals surface area contributed by atoms with E-state index < -0.39 is 0 Å². The Morgan fingerprint density at radius 3 is 2.82 bits per heavy atom. The molecule has 1 aromatic carbocycles. The molecule has 4 rings (SSSR count). The van der Waals surface area contributed by atoms with Crippen LogP contribution in [0.3, 0.4) is 0 Å². The largest absolute Gasteiger partial charge is 0.364 e. The summed E-state index contributed by atoms with van der Waals surface area (Å²) in [4.78, 5) is 29.0. The maximum Gasteiger partial charge on any atom is 0.269 e. The van der Waals surface area contributed by atoms with Crippen LogP contribution < -0.4 is 10.9 Å². The van der Waals surface area contributed by atoms with E-state index in [0.29, 0.717) is 16.8 Å². The van der Waals surface area contributed by atoms with Crippen LogP contribution in [-0.4, -0.2) is 27.7 Å². The second-order valence-electron chi connectivity index (χ2n) is 6.46. The van der Waals surface area contributed by atoms with Crippen molar-refractivity contribution in [3.05, 3.63) is 82.4 Å². The number of nitrogens with zero attached hydrogens (tertiary/aromatic N) is 3. The van der Waals surface area contributed by atoms with E-state index in [1.54, 1.807) is 42.3 Å². The van der Waals surface area contributed by atoms with Crippen molar-refractivity contribution in [3.63, 3.8) is 0 Å². The summed E-state index contributed by atoms with van der Waals surface area (Å²) in [6, 6.07) is 12.7. The summed E-state index contributed by atoms with van der Waals surface area (Å²) < 4.78 is 6.59. The van der Waals surface area contributed by atoms with Gasteiger partial charge in [-0.05, 0) is 48.2 Å². The number of hydrogen-bond acceptors (Lipinski definition) is 5. The lowest BCUT2D eigenvalue weighted by Gasteiger charge is -2.09. The van der Waals surface area contributed by atoms with Gasteiger partial charge in [-0.2, -0.15) is 0 Å². The molecule has 0 aliphatic rings. The fraction of sp³-hybridized carbons (Fsp3) is 0.143. The number of aromatic nitrogens is 3. The zero-order chi connectivity index (χ0) is 19.7. The average Bonchev–Trinajstić information content (AvgIpc) is 3.15. The number of hydrogen-bond donors (Lipinski definition) is 1. The Kier molecular flexibility index (Phi) is 4.49. The molecule has 7 heteroatoms. The lowest BCUT2D eigenvalue weighted by atomic mass is 10.0. The molecule has 1 amide bonds. The van der Waals surface area contributed by atoms with Crippen molar-refractivity contribution in [1.82, 2.24) is 20.0 Å². The Bertz CT molecular complexity index is 1240. The number of aryl methyl sites for hydroxylation is 1. The molecule has 0 spiro atoms. The van der Waals surface area contributed by atoms with Crippen molar-refractivity contribution < 1.29 is 9.32 Å². The number of benzene rings is 1. The number of rotatable bonds is 4. The summed E-state index contributed by atoms with van der Waals surface area (Å²) in [6.45, 7) is 2.16. The highest BCUT2D eigenvalue weighted by Crippen LogP contribution is 2.25. The number of pyridine rings is 2. The maximum atomic E-state index is 12.9. The van der Waals surface area contributed by atoms with Gasteiger partial charge in [0.1, 0.15) is 12.0 Å². The van der Waals surface area contributed by atoms with Crippen LogP contribution in [0.4, 0.5) is 0 Å². The van der Waals surface area contributed by atoms with Gasteiger partial charge in [0.15, 0.2) is 0 Å². The summed E-state index contributed by atoms with van der Waals surface area (Å²) in [6.07, 6.45) is 3.34. The SMILES string of the molecule is CNC(=O)c1cccc(Cn2ccc3cc(-c4conc4C)ccc3c2=O)n1. The number of carbonyl (C=O) groups is 1. The highest BCUT2D eigenvalue weighted by molar-refractivity contribution is 5.92. The van der Waals surface area contributed by atoms with Crippen LogP contribution in [-0.2, 0) is 6.54 Å². The first-order valence-corrected chi connectivity index (χ1v) is 8.79. The smallest absolute Gasteiger partial charge is 0.269 e. The molecule has 3 aromatic heterocycles. The molecule has 4 aromatic rings. The van der Waals surface area contributed by atoms with E-state index >= 15 is 0 Å². The topological polar surface area (TPSA) is 90.0 Å². The van der Waals surface area contributed by atoms with Gasteiger partial charge in [-0.15, -0.1) is 0 Å². The van der Waals surface area contributed by atoms with Gasteiger partial charge in [-0.25, -0.2) is 4.98 Å². The molecular formula is C21H18N4O3. The van der Waals surface area contributed by atoms with E-state index in [2.05, 4.69) is 15.5 Å². The first-order chi connectivity index (χ1) is 13.6. The van der Waals surface area contributed by atoms with Gasteiger partial charge in [0.25, 0.3) is 11.5 Å². The zero-order valence-corrected chi connectivity index (χ0v) is 15.5. The van der Waals surface area contributed by atoms with Crippen LogP contribution in [0.25, 0.3) is 21.9 Å².